The molecule has 9 rings (SSSR count). The van der Waals surface area contributed by atoms with Crippen LogP contribution in [0.25, 0.3) is 72.0 Å². The van der Waals surface area contributed by atoms with Crippen molar-refractivity contribution in [3.8, 4) is 50.2 Å². The molecule has 0 aliphatic rings. The van der Waals surface area contributed by atoms with E-state index in [-0.39, 0.29) is 0 Å². The molecule has 1 nitrogen and oxygen atoms in total. The smallest absolute Gasteiger partial charge is 0.0541 e. The Labute approximate surface area is 293 Å². The monoisotopic (exact) mass is 637 g/mol. The summed E-state index contributed by atoms with van der Waals surface area (Å²) in [6, 6.07) is 72.5. The fraction of sp³-hybridized carbons (Fsp3) is 0.0204. The molecule has 0 saturated carbocycles. The molecule has 0 atom stereocenters. The fourth-order valence-electron chi connectivity index (χ4n) is 7.21. The zero-order valence-electron chi connectivity index (χ0n) is 27.7. The number of fused-ring (bicyclic) bond motifs is 3. The van der Waals surface area contributed by atoms with Crippen LogP contribution in [0.5, 0.6) is 0 Å². The van der Waals surface area contributed by atoms with Crippen molar-refractivity contribution >= 4 is 21.8 Å². The van der Waals surface area contributed by atoms with Crippen molar-refractivity contribution in [2.45, 2.75) is 6.42 Å². The predicted octanol–water partition coefficient (Wildman–Crippen LogP) is 13.0. The van der Waals surface area contributed by atoms with E-state index >= 15 is 0 Å². The predicted molar refractivity (Wildman–Crippen MR) is 212 cm³/mol. The Bertz CT molecular complexity index is 2540. The van der Waals surface area contributed by atoms with Crippen molar-refractivity contribution in [1.29, 1.82) is 0 Å². The average Bonchev–Trinajstić information content (AvgIpc) is 3.53. The first-order chi connectivity index (χ1) is 24.8. The largest absolute Gasteiger partial charge is 0.309 e. The summed E-state index contributed by atoms with van der Waals surface area (Å²) < 4.78 is 2.36. The van der Waals surface area contributed by atoms with Crippen LogP contribution >= 0.6 is 0 Å². The molecule has 236 valence electrons. The van der Waals surface area contributed by atoms with Crippen molar-refractivity contribution in [3.63, 3.8) is 0 Å². The second kappa shape index (κ2) is 12.9. The van der Waals surface area contributed by atoms with Gasteiger partial charge in [0.05, 0.1) is 11.0 Å². The molecule has 0 unspecified atom stereocenters. The molecule has 0 fully saturated rings. The summed E-state index contributed by atoms with van der Waals surface area (Å²) in [6.45, 7) is 0. The SMILES string of the molecule is c1ccc(-c2ccc(Cc3ccc(-c4ccc(-c5ccc(-c6ccc7c(c6)c6ccccc6n7-c6ccccc6)cc5)cc4)cc3)cc2)cc1. The number of benzene rings is 8. The van der Waals surface area contributed by atoms with E-state index in [4.69, 9.17) is 0 Å². The summed E-state index contributed by atoms with van der Waals surface area (Å²) in [5.41, 5.74) is 16.1. The summed E-state index contributed by atoms with van der Waals surface area (Å²) >= 11 is 0. The highest BCUT2D eigenvalue weighted by Crippen LogP contribution is 2.35. The van der Waals surface area contributed by atoms with Gasteiger partial charge in [0.2, 0.25) is 0 Å². The first-order valence-electron chi connectivity index (χ1n) is 17.3. The lowest BCUT2D eigenvalue weighted by molar-refractivity contribution is 1.18. The maximum absolute atomic E-state index is 2.36. The van der Waals surface area contributed by atoms with Gasteiger partial charge < -0.3 is 4.57 Å². The van der Waals surface area contributed by atoms with Gasteiger partial charge in [-0.15, -0.1) is 0 Å². The zero-order chi connectivity index (χ0) is 33.3. The molecular weight excluding hydrogens is 603 g/mol. The molecule has 0 aliphatic heterocycles. The Hall–Kier alpha value is -6.44. The normalized spacial score (nSPS) is 11.3. The van der Waals surface area contributed by atoms with E-state index in [9.17, 15) is 0 Å². The molecule has 0 bridgehead atoms. The van der Waals surface area contributed by atoms with E-state index in [0.29, 0.717) is 0 Å². The van der Waals surface area contributed by atoms with Crippen LogP contribution in [0, 0.1) is 0 Å². The topological polar surface area (TPSA) is 4.93 Å². The van der Waals surface area contributed by atoms with E-state index in [2.05, 4.69) is 205 Å². The Balaban J connectivity index is 0.910. The molecule has 9 aromatic rings. The van der Waals surface area contributed by atoms with Crippen LogP contribution in [0.4, 0.5) is 0 Å². The number of para-hydroxylation sites is 2. The Kier molecular flexibility index (Phi) is 7.64. The molecule has 0 saturated heterocycles. The third-order valence-electron chi connectivity index (χ3n) is 9.88. The molecule has 8 aromatic carbocycles. The summed E-state index contributed by atoms with van der Waals surface area (Å²) in [7, 11) is 0. The van der Waals surface area contributed by atoms with Crippen LogP contribution in [0.2, 0.25) is 0 Å². The van der Waals surface area contributed by atoms with Gasteiger partial charge in [0.1, 0.15) is 0 Å². The maximum Gasteiger partial charge on any atom is 0.0541 e. The van der Waals surface area contributed by atoms with E-state index in [1.165, 1.54) is 83.1 Å². The van der Waals surface area contributed by atoms with Crippen molar-refractivity contribution < 1.29 is 0 Å². The molecule has 0 radical (unpaired) electrons. The number of nitrogens with zero attached hydrogens (tertiary/aromatic N) is 1. The molecule has 0 N–H and O–H groups in total. The number of hydrogen-bond donors (Lipinski definition) is 0. The lowest BCUT2D eigenvalue weighted by Crippen LogP contribution is -1.92. The molecule has 0 amide bonds. The van der Waals surface area contributed by atoms with E-state index in [1.54, 1.807) is 0 Å². The minimum absolute atomic E-state index is 0.926. The highest BCUT2D eigenvalue weighted by atomic mass is 15.0. The van der Waals surface area contributed by atoms with Crippen LogP contribution in [0.1, 0.15) is 11.1 Å². The van der Waals surface area contributed by atoms with E-state index in [1.807, 2.05) is 0 Å². The van der Waals surface area contributed by atoms with Gasteiger partial charge in [-0.1, -0.05) is 170 Å². The van der Waals surface area contributed by atoms with Gasteiger partial charge in [-0.3, -0.25) is 0 Å². The highest BCUT2D eigenvalue weighted by Gasteiger charge is 2.13. The molecule has 50 heavy (non-hydrogen) atoms. The minimum atomic E-state index is 0.926. The third kappa shape index (κ3) is 5.70. The minimum Gasteiger partial charge on any atom is -0.309 e. The molecule has 0 aliphatic carbocycles. The van der Waals surface area contributed by atoms with Crippen LogP contribution in [-0.2, 0) is 6.42 Å². The standard InChI is InChI=1S/C49H35N/c1-3-9-37(10-4-1)38-19-15-35(16-20-38)33-36-17-21-39(22-18-36)40-23-25-41(26-24-40)42-27-29-43(30-28-42)44-31-32-49-47(34-44)46-13-7-8-14-48(46)50(49)45-11-5-2-6-12-45/h1-32,34H,33H2. The van der Waals surface area contributed by atoms with Crippen molar-refractivity contribution in [3.05, 3.63) is 211 Å². The lowest BCUT2D eigenvalue weighted by Gasteiger charge is -2.09. The zero-order valence-corrected chi connectivity index (χ0v) is 27.7. The van der Waals surface area contributed by atoms with Crippen molar-refractivity contribution in [2.24, 2.45) is 0 Å². The number of rotatable bonds is 7. The second-order valence-corrected chi connectivity index (χ2v) is 13.0. The molecule has 1 aromatic heterocycles. The molecule has 1 heterocycles. The third-order valence-corrected chi connectivity index (χ3v) is 9.88. The quantitative estimate of drug-likeness (QED) is 0.164. The molecule has 1 heteroatoms. The maximum atomic E-state index is 2.36. The molecular formula is C49H35N. The van der Waals surface area contributed by atoms with E-state index in [0.717, 1.165) is 6.42 Å². The Morgan fingerprint density at radius 1 is 0.280 bits per heavy atom. The highest BCUT2D eigenvalue weighted by molar-refractivity contribution is 6.10. The van der Waals surface area contributed by atoms with Gasteiger partial charge >= 0.3 is 0 Å². The van der Waals surface area contributed by atoms with Crippen molar-refractivity contribution in [2.75, 3.05) is 0 Å². The van der Waals surface area contributed by atoms with E-state index < -0.39 is 0 Å². The molecule has 0 spiro atoms. The summed E-state index contributed by atoms with van der Waals surface area (Å²) in [5, 5.41) is 2.54. The first kappa shape index (κ1) is 29.7. The Morgan fingerprint density at radius 2 is 0.660 bits per heavy atom. The van der Waals surface area contributed by atoms with Gasteiger partial charge in [0.25, 0.3) is 0 Å². The van der Waals surface area contributed by atoms with Crippen LogP contribution < -0.4 is 0 Å². The van der Waals surface area contributed by atoms with Gasteiger partial charge in [0.15, 0.2) is 0 Å². The second-order valence-electron chi connectivity index (χ2n) is 13.0. The summed E-state index contributed by atoms with van der Waals surface area (Å²) in [6.07, 6.45) is 0.926. The van der Waals surface area contributed by atoms with Gasteiger partial charge in [0, 0.05) is 16.5 Å². The summed E-state index contributed by atoms with van der Waals surface area (Å²) in [4.78, 5) is 0. The number of hydrogen-bond acceptors (Lipinski definition) is 0. The van der Waals surface area contributed by atoms with Gasteiger partial charge in [-0.25, -0.2) is 0 Å². The van der Waals surface area contributed by atoms with Crippen molar-refractivity contribution in [1.82, 2.24) is 4.57 Å². The van der Waals surface area contributed by atoms with Crippen LogP contribution in [0.15, 0.2) is 200 Å². The first-order valence-corrected chi connectivity index (χ1v) is 17.3. The van der Waals surface area contributed by atoms with Crippen LogP contribution in [-0.4, -0.2) is 4.57 Å². The fourth-order valence-corrected chi connectivity index (χ4v) is 7.21. The lowest BCUT2D eigenvalue weighted by atomic mass is 9.96. The van der Waals surface area contributed by atoms with Gasteiger partial charge in [-0.2, -0.15) is 0 Å². The Morgan fingerprint density at radius 3 is 1.20 bits per heavy atom. The average molecular weight is 638 g/mol. The number of aromatic nitrogens is 1. The van der Waals surface area contributed by atoms with Crippen LogP contribution in [0.3, 0.4) is 0 Å². The summed E-state index contributed by atoms with van der Waals surface area (Å²) in [5.74, 6) is 0. The van der Waals surface area contributed by atoms with Gasteiger partial charge in [-0.05, 0) is 92.4 Å².